The molecular formula is C12H17NO. The second-order valence-electron chi connectivity index (χ2n) is 4.03. The molecule has 0 atom stereocenters. The van der Waals surface area contributed by atoms with E-state index >= 15 is 0 Å². The van der Waals surface area contributed by atoms with Gasteiger partial charge in [-0.3, -0.25) is 0 Å². The summed E-state index contributed by atoms with van der Waals surface area (Å²) in [6, 6.07) is 7.65. The average molecular weight is 191 g/mol. The molecule has 2 N–H and O–H groups in total. The highest BCUT2D eigenvalue weighted by atomic mass is 16.5. The number of ether oxygens (including phenoxy) is 1. The molecule has 2 rings (SSSR count). The van der Waals surface area contributed by atoms with Crippen LogP contribution in [0.3, 0.4) is 0 Å². The van der Waals surface area contributed by atoms with Crippen molar-refractivity contribution in [3.63, 3.8) is 0 Å². The zero-order valence-corrected chi connectivity index (χ0v) is 8.41. The molecule has 0 radical (unpaired) electrons. The number of rotatable bonds is 3. The summed E-state index contributed by atoms with van der Waals surface area (Å²) in [7, 11) is 0. The smallest absolute Gasteiger partial charge is 0.121 e. The highest BCUT2D eigenvalue weighted by Crippen LogP contribution is 2.25. The van der Waals surface area contributed by atoms with Crippen LogP contribution < -0.4 is 10.5 Å². The van der Waals surface area contributed by atoms with Gasteiger partial charge in [0.2, 0.25) is 0 Å². The van der Waals surface area contributed by atoms with Gasteiger partial charge in [0.25, 0.3) is 0 Å². The third-order valence-electron chi connectivity index (χ3n) is 2.82. The summed E-state index contributed by atoms with van der Waals surface area (Å²) in [5.41, 5.74) is 6.43. The van der Waals surface area contributed by atoms with E-state index in [2.05, 4.69) is 0 Å². The fourth-order valence-electron chi connectivity index (χ4n) is 2.00. The molecule has 0 heterocycles. The fraction of sp³-hybridized carbons (Fsp3) is 0.500. The SMILES string of the molecule is Nc1cccc(OCC2CCCC2)c1. The second-order valence-corrected chi connectivity index (χ2v) is 4.03. The molecule has 0 aromatic heterocycles. The van der Waals surface area contributed by atoms with E-state index < -0.39 is 0 Å². The van der Waals surface area contributed by atoms with Crippen LogP contribution in [0.15, 0.2) is 24.3 Å². The molecule has 1 aromatic carbocycles. The van der Waals surface area contributed by atoms with Crippen LogP contribution in [0.25, 0.3) is 0 Å². The molecule has 2 heteroatoms. The van der Waals surface area contributed by atoms with Crippen LogP contribution in [-0.4, -0.2) is 6.61 Å². The van der Waals surface area contributed by atoms with Crippen molar-refractivity contribution in [3.8, 4) is 5.75 Å². The number of anilines is 1. The minimum Gasteiger partial charge on any atom is -0.493 e. The molecule has 2 nitrogen and oxygen atoms in total. The Hall–Kier alpha value is -1.18. The van der Waals surface area contributed by atoms with Crippen LogP contribution in [0.2, 0.25) is 0 Å². The highest BCUT2D eigenvalue weighted by Gasteiger charge is 2.15. The van der Waals surface area contributed by atoms with Crippen LogP contribution in [-0.2, 0) is 0 Å². The van der Waals surface area contributed by atoms with Crippen molar-refractivity contribution in [1.82, 2.24) is 0 Å². The van der Waals surface area contributed by atoms with Crippen LogP contribution in [0.4, 0.5) is 5.69 Å². The van der Waals surface area contributed by atoms with E-state index in [4.69, 9.17) is 10.5 Å². The lowest BCUT2D eigenvalue weighted by molar-refractivity contribution is 0.252. The summed E-state index contributed by atoms with van der Waals surface area (Å²) in [5.74, 6) is 1.66. The predicted octanol–water partition coefficient (Wildman–Crippen LogP) is 2.84. The molecule has 0 aliphatic heterocycles. The summed E-state index contributed by atoms with van der Waals surface area (Å²) < 4.78 is 5.69. The van der Waals surface area contributed by atoms with Crippen molar-refractivity contribution in [1.29, 1.82) is 0 Å². The van der Waals surface area contributed by atoms with E-state index in [1.807, 2.05) is 24.3 Å². The van der Waals surface area contributed by atoms with Crippen molar-refractivity contribution in [3.05, 3.63) is 24.3 Å². The van der Waals surface area contributed by atoms with Crippen LogP contribution >= 0.6 is 0 Å². The molecule has 0 spiro atoms. The molecule has 1 aromatic rings. The lowest BCUT2D eigenvalue weighted by Crippen LogP contribution is -2.07. The van der Waals surface area contributed by atoms with Gasteiger partial charge in [0, 0.05) is 11.8 Å². The molecule has 1 aliphatic carbocycles. The molecule has 0 amide bonds. The maximum atomic E-state index is 5.69. The van der Waals surface area contributed by atoms with Gasteiger partial charge in [0.15, 0.2) is 0 Å². The number of hydrogen-bond acceptors (Lipinski definition) is 2. The van der Waals surface area contributed by atoms with Gasteiger partial charge in [0.05, 0.1) is 6.61 Å². The Morgan fingerprint density at radius 2 is 2.07 bits per heavy atom. The molecular weight excluding hydrogens is 174 g/mol. The monoisotopic (exact) mass is 191 g/mol. The summed E-state index contributed by atoms with van der Waals surface area (Å²) >= 11 is 0. The second kappa shape index (κ2) is 4.36. The largest absolute Gasteiger partial charge is 0.493 e. The molecule has 0 bridgehead atoms. The quantitative estimate of drug-likeness (QED) is 0.745. The van der Waals surface area contributed by atoms with Crippen molar-refractivity contribution in [2.45, 2.75) is 25.7 Å². The molecule has 0 saturated heterocycles. The van der Waals surface area contributed by atoms with Gasteiger partial charge >= 0.3 is 0 Å². The minimum absolute atomic E-state index is 0.761. The summed E-state index contributed by atoms with van der Waals surface area (Å²) in [6.07, 6.45) is 5.38. The first-order valence-electron chi connectivity index (χ1n) is 5.33. The van der Waals surface area contributed by atoms with Crippen molar-refractivity contribution in [2.75, 3.05) is 12.3 Å². The average Bonchev–Trinajstić information content (AvgIpc) is 2.67. The first-order chi connectivity index (χ1) is 6.84. The molecule has 76 valence electrons. The molecule has 1 aliphatic rings. The van der Waals surface area contributed by atoms with Gasteiger partial charge in [-0.15, -0.1) is 0 Å². The maximum Gasteiger partial charge on any atom is 0.121 e. The van der Waals surface area contributed by atoms with E-state index in [1.165, 1.54) is 25.7 Å². The van der Waals surface area contributed by atoms with Gasteiger partial charge in [-0.25, -0.2) is 0 Å². The predicted molar refractivity (Wildman–Crippen MR) is 58.3 cm³/mol. The van der Waals surface area contributed by atoms with Gasteiger partial charge in [-0.1, -0.05) is 18.9 Å². The Morgan fingerprint density at radius 1 is 1.29 bits per heavy atom. The van der Waals surface area contributed by atoms with Crippen molar-refractivity contribution in [2.24, 2.45) is 5.92 Å². The molecule has 1 fully saturated rings. The summed E-state index contributed by atoms with van der Waals surface area (Å²) in [6.45, 7) is 0.851. The van der Waals surface area contributed by atoms with E-state index in [-0.39, 0.29) is 0 Å². The molecule has 14 heavy (non-hydrogen) atoms. The lowest BCUT2D eigenvalue weighted by atomic mass is 10.1. The number of nitrogen functional groups attached to an aromatic ring is 1. The fourth-order valence-corrected chi connectivity index (χ4v) is 2.00. The Balaban J connectivity index is 1.85. The van der Waals surface area contributed by atoms with Crippen molar-refractivity contribution < 1.29 is 4.74 Å². The molecule has 1 saturated carbocycles. The number of hydrogen-bond donors (Lipinski definition) is 1. The third-order valence-corrected chi connectivity index (χ3v) is 2.82. The summed E-state index contributed by atoms with van der Waals surface area (Å²) in [5, 5.41) is 0. The van der Waals surface area contributed by atoms with Gasteiger partial charge in [-0.2, -0.15) is 0 Å². The van der Waals surface area contributed by atoms with E-state index in [1.54, 1.807) is 0 Å². The highest BCUT2D eigenvalue weighted by molar-refractivity contribution is 5.43. The Kier molecular flexibility index (Phi) is 2.92. The number of nitrogens with two attached hydrogens (primary N) is 1. The normalized spacial score (nSPS) is 17.1. The maximum absolute atomic E-state index is 5.69. The van der Waals surface area contributed by atoms with E-state index in [0.29, 0.717) is 0 Å². The minimum atomic E-state index is 0.761. The van der Waals surface area contributed by atoms with Gasteiger partial charge < -0.3 is 10.5 Å². The van der Waals surface area contributed by atoms with E-state index in [9.17, 15) is 0 Å². The van der Waals surface area contributed by atoms with Gasteiger partial charge in [-0.05, 0) is 30.9 Å². The Morgan fingerprint density at radius 3 is 2.79 bits per heavy atom. The summed E-state index contributed by atoms with van der Waals surface area (Å²) in [4.78, 5) is 0. The first-order valence-corrected chi connectivity index (χ1v) is 5.33. The standard InChI is InChI=1S/C12H17NO/c13-11-6-3-7-12(8-11)14-9-10-4-1-2-5-10/h3,6-8,10H,1-2,4-5,9,13H2. The van der Waals surface area contributed by atoms with Crippen LogP contribution in [0, 0.1) is 5.92 Å². The zero-order valence-electron chi connectivity index (χ0n) is 8.41. The van der Waals surface area contributed by atoms with Crippen LogP contribution in [0.5, 0.6) is 5.75 Å². The third kappa shape index (κ3) is 2.41. The first kappa shape index (κ1) is 9.38. The van der Waals surface area contributed by atoms with Gasteiger partial charge in [0.1, 0.15) is 5.75 Å². The van der Waals surface area contributed by atoms with Crippen molar-refractivity contribution >= 4 is 5.69 Å². The Bertz CT molecular complexity index is 292. The molecule has 0 unspecified atom stereocenters. The lowest BCUT2D eigenvalue weighted by Gasteiger charge is -2.11. The Labute approximate surface area is 85.1 Å². The number of benzene rings is 1. The topological polar surface area (TPSA) is 35.2 Å². The van der Waals surface area contributed by atoms with Crippen LogP contribution in [0.1, 0.15) is 25.7 Å². The zero-order chi connectivity index (χ0) is 9.80. The van der Waals surface area contributed by atoms with E-state index in [0.717, 1.165) is 24.0 Å².